The molecule has 23 heavy (non-hydrogen) atoms. The van der Waals surface area contributed by atoms with Crippen LogP contribution in [0.2, 0.25) is 5.02 Å². The van der Waals surface area contributed by atoms with Crippen molar-refractivity contribution in [2.45, 2.75) is 19.4 Å². The summed E-state index contributed by atoms with van der Waals surface area (Å²) in [5.74, 6) is 1.57. The van der Waals surface area contributed by atoms with E-state index in [-0.39, 0.29) is 12.6 Å². The van der Waals surface area contributed by atoms with Crippen molar-refractivity contribution >= 4 is 23.2 Å². The third-order valence-corrected chi connectivity index (χ3v) is 3.96. The molecule has 1 aromatic rings. The van der Waals surface area contributed by atoms with Crippen molar-refractivity contribution in [3.63, 3.8) is 0 Å². The lowest BCUT2D eigenvalue weighted by Gasteiger charge is -2.22. The molecular formula is C16H25ClN4O2. The third-order valence-electron chi connectivity index (χ3n) is 3.72. The van der Waals surface area contributed by atoms with Crippen molar-refractivity contribution in [1.29, 1.82) is 0 Å². The predicted molar refractivity (Wildman–Crippen MR) is 94.8 cm³/mol. The molecule has 1 aromatic carbocycles. The molecule has 1 unspecified atom stereocenters. The average Bonchev–Trinajstić information content (AvgIpc) is 3.01. The maximum absolute atomic E-state index is 8.92. The zero-order valence-electron chi connectivity index (χ0n) is 13.7. The van der Waals surface area contributed by atoms with Crippen molar-refractivity contribution in [2.24, 2.45) is 4.99 Å². The summed E-state index contributed by atoms with van der Waals surface area (Å²) in [7, 11) is 1.67. The van der Waals surface area contributed by atoms with E-state index in [0.29, 0.717) is 11.6 Å². The van der Waals surface area contributed by atoms with Crippen LogP contribution in [0.3, 0.4) is 0 Å². The fourth-order valence-corrected chi connectivity index (χ4v) is 2.85. The second kappa shape index (κ2) is 8.84. The second-order valence-corrected chi connectivity index (χ2v) is 5.81. The van der Waals surface area contributed by atoms with Gasteiger partial charge in [0.25, 0.3) is 0 Å². The van der Waals surface area contributed by atoms with Crippen molar-refractivity contribution in [1.82, 2.24) is 10.6 Å². The lowest BCUT2D eigenvalue weighted by Crippen LogP contribution is -2.44. The van der Waals surface area contributed by atoms with Gasteiger partial charge in [0.05, 0.1) is 25.9 Å². The lowest BCUT2D eigenvalue weighted by molar-refractivity contribution is 0.306. The van der Waals surface area contributed by atoms with Crippen molar-refractivity contribution in [3.8, 4) is 5.75 Å². The fraction of sp³-hybridized carbons (Fsp3) is 0.562. The van der Waals surface area contributed by atoms with Crippen molar-refractivity contribution < 1.29 is 9.84 Å². The highest BCUT2D eigenvalue weighted by molar-refractivity contribution is 6.30. The van der Waals surface area contributed by atoms with Gasteiger partial charge in [-0.15, -0.1) is 0 Å². The molecule has 1 aliphatic rings. The van der Waals surface area contributed by atoms with Crippen LogP contribution in [0.25, 0.3) is 0 Å². The summed E-state index contributed by atoms with van der Waals surface area (Å²) >= 11 is 6.12. The standard InChI is InChI=1S/C16H25ClN4O2/c1-3-18-16(19-7-9-22)20-13-6-8-21(11-13)14-10-12(17)4-5-15(14)23-2/h4-5,10,13,22H,3,6-9,11H2,1-2H3,(H2,18,19,20). The summed E-state index contributed by atoms with van der Waals surface area (Å²) in [5, 5.41) is 16.2. The minimum atomic E-state index is 0.0487. The molecule has 1 heterocycles. The van der Waals surface area contributed by atoms with Gasteiger partial charge in [0.2, 0.25) is 0 Å². The monoisotopic (exact) mass is 340 g/mol. The molecule has 0 saturated carbocycles. The molecule has 1 aliphatic heterocycles. The summed E-state index contributed by atoms with van der Waals surface area (Å²) in [6.07, 6.45) is 0.999. The summed E-state index contributed by atoms with van der Waals surface area (Å²) in [5.41, 5.74) is 1.02. The number of nitrogens with one attached hydrogen (secondary N) is 2. The van der Waals surface area contributed by atoms with Gasteiger partial charge in [0, 0.05) is 30.7 Å². The number of halogens is 1. The van der Waals surface area contributed by atoms with E-state index in [4.69, 9.17) is 21.4 Å². The van der Waals surface area contributed by atoms with E-state index < -0.39 is 0 Å². The Morgan fingerprint density at radius 2 is 2.35 bits per heavy atom. The number of benzene rings is 1. The van der Waals surface area contributed by atoms with Gasteiger partial charge in [0.15, 0.2) is 5.96 Å². The molecule has 7 heteroatoms. The predicted octanol–water partition coefficient (Wildman–Crippen LogP) is 1.47. The Morgan fingerprint density at radius 3 is 3.04 bits per heavy atom. The van der Waals surface area contributed by atoms with Gasteiger partial charge < -0.3 is 25.4 Å². The Hall–Kier alpha value is -1.66. The quantitative estimate of drug-likeness (QED) is 0.540. The topological polar surface area (TPSA) is 69.1 Å². The summed E-state index contributed by atoms with van der Waals surface area (Å²) in [6, 6.07) is 5.95. The van der Waals surface area contributed by atoms with Crippen LogP contribution in [0.1, 0.15) is 13.3 Å². The van der Waals surface area contributed by atoms with Gasteiger partial charge in [-0.3, -0.25) is 4.99 Å². The Balaban J connectivity index is 2.02. The Labute approximate surface area is 142 Å². The highest BCUT2D eigenvalue weighted by atomic mass is 35.5. The van der Waals surface area contributed by atoms with Crippen LogP contribution in [-0.4, -0.2) is 57.0 Å². The molecular weight excluding hydrogens is 316 g/mol. The first-order valence-electron chi connectivity index (χ1n) is 7.92. The number of ether oxygens (including phenoxy) is 1. The first-order valence-corrected chi connectivity index (χ1v) is 8.30. The largest absolute Gasteiger partial charge is 0.495 e. The van der Waals surface area contributed by atoms with Crippen LogP contribution >= 0.6 is 11.6 Å². The molecule has 1 fully saturated rings. The molecule has 1 saturated heterocycles. The van der Waals surface area contributed by atoms with E-state index in [2.05, 4.69) is 20.5 Å². The summed E-state index contributed by atoms with van der Waals surface area (Å²) < 4.78 is 5.44. The van der Waals surface area contributed by atoms with E-state index >= 15 is 0 Å². The van der Waals surface area contributed by atoms with Gasteiger partial charge in [-0.25, -0.2) is 0 Å². The van der Waals surface area contributed by atoms with E-state index in [1.165, 1.54) is 0 Å². The van der Waals surface area contributed by atoms with Gasteiger partial charge in [-0.2, -0.15) is 0 Å². The van der Waals surface area contributed by atoms with Crippen LogP contribution in [0.15, 0.2) is 23.2 Å². The Kier molecular flexibility index (Phi) is 6.80. The average molecular weight is 341 g/mol. The number of aliphatic hydroxyl groups is 1. The number of rotatable bonds is 6. The molecule has 0 aromatic heterocycles. The van der Waals surface area contributed by atoms with Crippen molar-refractivity contribution in [2.75, 3.05) is 44.8 Å². The maximum Gasteiger partial charge on any atom is 0.191 e. The molecule has 1 atom stereocenters. The number of nitrogens with zero attached hydrogens (tertiary/aromatic N) is 2. The van der Waals surface area contributed by atoms with Crippen LogP contribution in [0.4, 0.5) is 5.69 Å². The van der Waals surface area contributed by atoms with E-state index in [9.17, 15) is 0 Å². The van der Waals surface area contributed by atoms with E-state index in [0.717, 1.165) is 43.5 Å². The zero-order valence-corrected chi connectivity index (χ0v) is 14.4. The molecule has 0 bridgehead atoms. The number of anilines is 1. The minimum absolute atomic E-state index is 0.0487. The van der Waals surface area contributed by atoms with E-state index in [1.807, 2.05) is 25.1 Å². The molecule has 6 nitrogen and oxygen atoms in total. The van der Waals surface area contributed by atoms with Crippen molar-refractivity contribution in [3.05, 3.63) is 23.2 Å². The number of hydrogen-bond acceptors (Lipinski definition) is 4. The molecule has 128 valence electrons. The zero-order chi connectivity index (χ0) is 16.7. The Bertz CT molecular complexity index is 539. The van der Waals surface area contributed by atoms with Crippen LogP contribution in [-0.2, 0) is 0 Å². The highest BCUT2D eigenvalue weighted by Gasteiger charge is 2.25. The first kappa shape index (κ1) is 17.7. The normalized spacial score (nSPS) is 18.2. The van der Waals surface area contributed by atoms with Gasteiger partial charge in [-0.05, 0) is 31.5 Å². The molecule has 0 amide bonds. The second-order valence-electron chi connectivity index (χ2n) is 5.38. The minimum Gasteiger partial charge on any atom is -0.495 e. The van der Waals surface area contributed by atoms with Gasteiger partial charge in [0.1, 0.15) is 5.75 Å². The molecule has 0 radical (unpaired) electrons. The molecule has 0 spiro atoms. The van der Waals surface area contributed by atoms with Crippen LogP contribution in [0, 0.1) is 0 Å². The van der Waals surface area contributed by atoms with Crippen LogP contribution in [0.5, 0.6) is 5.75 Å². The SMILES string of the molecule is CCNC(=NCCO)NC1CCN(c2cc(Cl)ccc2OC)C1. The number of aliphatic imine (C=N–C) groups is 1. The molecule has 0 aliphatic carbocycles. The lowest BCUT2D eigenvalue weighted by atomic mass is 10.2. The fourth-order valence-electron chi connectivity index (χ4n) is 2.68. The maximum atomic E-state index is 8.92. The number of aliphatic hydroxyl groups excluding tert-OH is 1. The molecule has 2 rings (SSSR count). The van der Waals surface area contributed by atoms with E-state index in [1.54, 1.807) is 7.11 Å². The summed E-state index contributed by atoms with van der Waals surface area (Å²) in [6.45, 7) is 5.03. The number of methoxy groups -OCH3 is 1. The third kappa shape index (κ3) is 4.91. The highest BCUT2D eigenvalue weighted by Crippen LogP contribution is 2.33. The van der Waals surface area contributed by atoms with Crippen LogP contribution < -0.4 is 20.3 Å². The summed E-state index contributed by atoms with van der Waals surface area (Å²) in [4.78, 5) is 6.58. The number of hydrogen-bond donors (Lipinski definition) is 3. The van der Waals surface area contributed by atoms with Gasteiger partial charge >= 0.3 is 0 Å². The van der Waals surface area contributed by atoms with Gasteiger partial charge in [-0.1, -0.05) is 11.6 Å². The molecule has 3 N–H and O–H groups in total. The number of guanidine groups is 1. The first-order chi connectivity index (χ1) is 11.2. The smallest absolute Gasteiger partial charge is 0.191 e. The Morgan fingerprint density at radius 1 is 1.52 bits per heavy atom.